The molecule has 3 rings (SSSR count). The molecule has 0 saturated carbocycles. The maximum absolute atomic E-state index is 12.0. The summed E-state index contributed by atoms with van der Waals surface area (Å²) < 4.78 is 0.851. The van der Waals surface area contributed by atoms with Gasteiger partial charge in [0, 0.05) is 0 Å². The highest BCUT2D eigenvalue weighted by Gasteiger charge is 2.22. The Morgan fingerprint density at radius 2 is 2.00 bits per heavy atom. The first-order chi connectivity index (χ1) is 9.78. The number of fused-ring (bicyclic) bond motifs is 1. The predicted molar refractivity (Wildman–Crippen MR) is 90.1 cm³/mol. The van der Waals surface area contributed by atoms with E-state index in [2.05, 4.69) is 30.1 Å². The lowest BCUT2D eigenvalue weighted by molar-refractivity contribution is -0.107. The molecule has 2 aromatic carbocycles. The van der Waals surface area contributed by atoms with Crippen LogP contribution in [0.25, 0.3) is 16.8 Å². The van der Waals surface area contributed by atoms with Gasteiger partial charge < -0.3 is 0 Å². The fraction of sp³-hybridized carbons (Fsp3) is 0.125. The summed E-state index contributed by atoms with van der Waals surface area (Å²) in [6.45, 7) is 2.06. The van der Waals surface area contributed by atoms with Gasteiger partial charge in [-0.2, -0.15) is 0 Å². The summed E-state index contributed by atoms with van der Waals surface area (Å²) in [5, 5.41) is 2.35. The van der Waals surface area contributed by atoms with Crippen molar-refractivity contribution in [1.29, 1.82) is 0 Å². The number of aliphatic imine (C=N–C) groups is 1. The highest BCUT2D eigenvalue weighted by atomic mass is 32.2. The Hall–Kier alpha value is -1.52. The van der Waals surface area contributed by atoms with E-state index in [1.165, 1.54) is 17.1 Å². The Labute approximate surface area is 126 Å². The fourth-order valence-corrected chi connectivity index (χ4v) is 3.84. The zero-order valence-electron chi connectivity index (χ0n) is 11.0. The molecule has 0 aromatic heterocycles. The molecule has 0 atom stereocenters. The maximum Gasteiger partial charge on any atom is 0.244 e. The molecule has 2 aromatic rings. The van der Waals surface area contributed by atoms with Crippen LogP contribution in [0.15, 0.2) is 53.2 Å². The van der Waals surface area contributed by atoms with Crippen LogP contribution in [0.4, 0.5) is 0 Å². The van der Waals surface area contributed by atoms with Crippen molar-refractivity contribution >= 4 is 49.9 Å². The van der Waals surface area contributed by atoms with Crippen molar-refractivity contribution in [1.82, 2.24) is 0 Å². The first-order valence-corrected chi connectivity index (χ1v) is 8.21. The van der Waals surface area contributed by atoms with Gasteiger partial charge in [0.2, 0.25) is 5.12 Å². The standard InChI is InChI=1S/C16H13NOS2/c1-2-19-16-17-14(15(18)20-16)10-12-8-5-7-11-6-3-4-9-13(11)12/h3-10H,2H2,1H3. The molecule has 0 fully saturated rings. The van der Waals surface area contributed by atoms with Crippen LogP contribution in [0.3, 0.4) is 0 Å². The van der Waals surface area contributed by atoms with E-state index in [1.54, 1.807) is 11.8 Å². The van der Waals surface area contributed by atoms with Crippen LogP contribution in [0.1, 0.15) is 12.5 Å². The lowest BCUT2D eigenvalue weighted by Gasteiger charge is -2.01. The summed E-state index contributed by atoms with van der Waals surface area (Å²) in [6, 6.07) is 14.3. The Bertz CT molecular complexity index is 729. The van der Waals surface area contributed by atoms with E-state index in [1.807, 2.05) is 30.3 Å². The molecule has 0 amide bonds. The molecule has 1 aliphatic rings. The molecular weight excluding hydrogens is 286 g/mol. The third-order valence-corrected chi connectivity index (χ3v) is 4.88. The molecule has 20 heavy (non-hydrogen) atoms. The van der Waals surface area contributed by atoms with Crippen molar-refractivity contribution in [3.05, 3.63) is 53.7 Å². The Kier molecular flexibility index (Phi) is 3.94. The van der Waals surface area contributed by atoms with Gasteiger partial charge in [0.15, 0.2) is 0 Å². The van der Waals surface area contributed by atoms with E-state index < -0.39 is 0 Å². The highest BCUT2D eigenvalue weighted by Crippen LogP contribution is 2.31. The van der Waals surface area contributed by atoms with Crippen molar-refractivity contribution in [3.63, 3.8) is 0 Å². The quantitative estimate of drug-likeness (QED) is 0.761. The van der Waals surface area contributed by atoms with E-state index >= 15 is 0 Å². The van der Waals surface area contributed by atoms with Gasteiger partial charge in [0.25, 0.3) is 0 Å². The number of rotatable bonds is 2. The molecule has 0 saturated heterocycles. The number of hydrogen-bond donors (Lipinski definition) is 0. The van der Waals surface area contributed by atoms with Crippen molar-refractivity contribution in [2.75, 3.05) is 5.75 Å². The average Bonchev–Trinajstić information content (AvgIpc) is 2.80. The van der Waals surface area contributed by atoms with Gasteiger partial charge in [0.05, 0.1) is 0 Å². The zero-order valence-corrected chi connectivity index (χ0v) is 12.6. The summed E-state index contributed by atoms with van der Waals surface area (Å²) in [4.78, 5) is 16.4. The molecule has 2 nitrogen and oxygen atoms in total. The van der Waals surface area contributed by atoms with Crippen molar-refractivity contribution in [3.8, 4) is 0 Å². The van der Waals surface area contributed by atoms with E-state index in [9.17, 15) is 4.79 Å². The monoisotopic (exact) mass is 299 g/mol. The second-order valence-electron chi connectivity index (χ2n) is 4.30. The van der Waals surface area contributed by atoms with Crippen molar-refractivity contribution in [2.24, 2.45) is 4.99 Å². The molecule has 100 valence electrons. The van der Waals surface area contributed by atoms with Crippen molar-refractivity contribution < 1.29 is 4.79 Å². The average molecular weight is 299 g/mol. The minimum Gasteiger partial charge on any atom is -0.279 e. The van der Waals surface area contributed by atoms with Crippen LogP contribution in [0.2, 0.25) is 0 Å². The van der Waals surface area contributed by atoms with Crippen LogP contribution < -0.4 is 0 Å². The molecule has 0 aliphatic carbocycles. The summed E-state index contributed by atoms with van der Waals surface area (Å²) in [6.07, 6.45) is 1.89. The molecule has 1 aliphatic heterocycles. The van der Waals surface area contributed by atoms with Crippen LogP contribution in [0.5, 0.6) is 0 Å². The number of carbonyl (C=O) groups excluding carboxylic acids is 1. The minimum atomic E-state index is 0.0360. The number of hydrogen-bond acceptors (Lipinski definition) is 4. The highest BCUT2D eigenvalue weighted by molar-refractivity contribution is 8.45. The third kappa shape index (κ3) is 2.67. The first-order valence-electron chi connectivity index (χ1n) is 6.41. The van der Waals surface area contributed by atoms with Gasteiger partial charge in [-0.25, -0.2) is 4.99 Å². The summed E-state index contributed by atoms with van der Waals surface area (Å²) in [5.74, 6) is 0.931. The fourth-order valence-electron chi connectivity index (χ4n) is 2.10. The Morgan fingerprint density at radius 3 is 2.85 bits per heavy atom. The number of carbonyl (C=O) groups is 1. The van der Waals surface area contributed by atoms with E-state index in [4.69, 9.17) is 0 Å². The largest absolute Gasteiger partial charge is 0.279 e. The molecule has 0 unspecified atom stereocenters. The molecule has 1 heterocycles. The van der Waals surface area contributed by atoms with Gasteiger partial charge in [-0.1, -0.05) is 61.2 Å². The van der Waals surface area contributed by atoms with E-state index in [0.717, 1.165) is 21.1 Å². The van der Waals surface area contributed by atoms with Gasteiger partial charge in [-0.05, 0) is 39.9 Å². The van der Waals surface area contributed by atoms with Gasteiger partial charge in [-0.3, -0.25) is 4.79 Å². The summed E-state index contributed by atoms with van der Waals surface area (Å²) >= 11 is 2.84. The summed E-state index contributed by atoms with van der Waals surface area (Å²) in [5.41, 5.74) is 1.58. The van der Waals surface area contributed by atoms with Crippen LogP contribution in [0, 0.1) is 0 Å². The molecule has 0 N–H and O–H groups in total. The van der Waals surface area contributed by atoms with Gasteiger partial charge in [-0.15, -0.1) is 0 Å². The van der Waals surface area contributed by atoms with Crippen LogP contribution in [-0.2, 0) is 4.79 Å². The van der Waals surface area contributed by atoms with Crippen LogP contribution in [-0.4, -0.2) is 15.2 Å². The second kappa shape index (κ2) is 5.85. The van der Waals surface area contributed by atoms with Crippen LogP contribution >= 0.6 is 23.5 Å². The molecule has 0 bridgehead atoms. The van der Waals surface area contributed by atoms with Crippen molar-refractivity contribution in [2.45, 2.75) is 6.92 Å². The lowest BCUT2D eigenvalue weighted by Crippen LogP contribution is -1.88. The van der Waals surface area contributed by atoms with Gasteiger partial charge in [0.1, 0.15) is 10.1 Å². The lowest BCUT2D eigenvalue weighted by atomic mass is 10.0. The summed E-state index contributed by atoms with van der Waals surface area (Å²) in [7, 11) is 0. The molecule has 4 heteroatoms. The first kappa shape index (κ1) is 13.5. The van der Waals surface area contributed by atoms with Gasteiger partial charge >= 0.3 is 0 Å². The Morgan fingerprint density at radius 1 is 1.20 bits per heavy atom. The minimum absolute atomic E-state index is 0.0360. The second-order valence-corrected chi connectivity index (χ2v) is 6.77. The smallest absolute Gasteiger partial charge is 0.244 e. The normalized spacial score (nSPS) is 16.9. The molecule has 0 spiro atoms. The van der Waals surface area contributed by atoms with E-state index in [0.29, 0.717) is 5.70 Å². The third-order valence-electron chi connectivity index (χ3n) is 2.98. The predicted octanol–water partition coefficient (Wildman–Crippen LogP) is 4.56. The SMILES string of the molecule is CCSC1=NC(=Cc2cccc3ccccc23)C(=O)S1. The Balaban J connectivity index is 2.04. The topological polar surface area (TPSA) is 29.4 Å². The number of thioether (sulfide) groups is 2. The number of nitrogens with zero attached hydrogens (tertiary/aromatic N) is 1. The maximum atomic E-state index is 12.0. The van der Waals surface area contributed by atoms with E-state index in [-0.39, 0.29) is 5.12 Å². The molecular formula is C16H13NOS2. The molecule has 0 radical (unpaired) electrons. The number of benzene rings is 2. The zero-order chi connectivity index (χ0) is 13.9.